The van der Waals surface area contributed by atoms with Crippen LogP contribution < -0.4 is 11.1 Å². The van der Waals surface area contributed by atoms with Crippen LogP contribution in [0.1, 0.15) is 19.8 Å². The maximum Gasteiger partial charge on any atom is 0.188 e. The Morgan fingerprint density at radius 2 is 2.18 bits per heavy atom. The molecular formula is C12H25IN4. The molecule has 1 rings (SSSR count). The van der Waals surface area contributed by atoms with Gasteiger partial charge in [-0.15, -0.1) is 30.6 Å². The molecule has 3 N–H and O–H groups in total. The number of halogens is 1. The summed E-state index contributed by atoms with van der Waals surface area (Å²) in [5.41, 5.74) is 5.67. The topological polar surface area (TPSA) is 53.6 Å². The molecule has 0 saturated carbocycles. The van der Waals surface area contributed by atoms with Gasteiger partial charge in [0.2, 0.25) is 0 Å². The summed E-state index contributed by atoms with van der Waals surface area (Å²) >= 11 is 0. The first-order chi connectivity index (χ1) is 7.72. The van der Waals surface area contributed by atoms with Gasteiger partial charge >= 0.3 is 0 Å². The number of rotatable bonds is 5. The number of guanidine groups is 1. The van der Waals surface area contributed by atoms with Crippen molar-refractivity contribution in [3.63, 3.8) is 0 Å². The fourth-order valence-electron chi connectivity index (χ4n) is 1.83. The Balaban J connectivity index is 0.00000256. The summed E-state index contributed by atoms with van der Waals surface area (Å²) in [7, 11) is 0. The highest BCUT2D eigenvalue weighted by molar-refractivity contribution is 14.0. The molecule has 1 heterocycles. The maximum absolute atomic E-state index is 5.67. The van der Waals surface area contributed by atoms with Gasteiger partial charge in [0.15, 0.2) is 5.96 Å². The van der Waals surface area contributed by atoms with Gasteiger partial charge in [0.1, 0.15) is 0 Å². The molecule has 17 heavy (non-hydrogen) atoms. The van der Waals surface area contributed by atoms with E-state index in [1.807, 2.05) is 0 Å². The average molecular weight is 352 g/mol. The molecule has 5 heteroatoms. The Labute approximate surface area is 122 Å². The molecule has 0 aliphatic carbocycles. The van der Waals surface area contributed by atoms with Crippen LogP contribution in [0.25, 0.3) is 0 Å². The number of likely N-dealkylation sites (tertiary alicyclic amines) is 1. The highest BCUT2D eigenvalue weighted by Crippen LogP contribution is 2.15. The monoisotopic (exact) mass is 352 g/mol. The molecule has 1 aliphatic heterocycles. The molecule has 0 amide bonds. The number of hydrogen-bond acceptors (Lipinski definition) is 2. The fraction of sp³-hybridized carbons (Fsp3) is 0.750. The standard InChI is InChI=1S/C12H24N4.HI/c1-3-6-14-12(13)15-7-10-16-8-4-11(2)5-9-16;/h3,11H,1,4-10H2,2H3,(H3,13,14,15);1H. The van der Waals surface area contributed by atoms with Crippen LogP contribution >= 0.6 is 24.0 Å². The number of piperidine rings is 1. The van der Waals surface area contributed by atoms with Crippen molar-refractivity contribution in [1.29, 1.82) is 0 Å². The van der Waals surface area contributed by atoms with E-state index in [1.54, 1.807) is 6.08 Å². The van der Waals surface area contributed by atoms with Crippen LogP contribution in [0, 0.1) is 5.92 Å². The smallest absolute Gasteiger partial charge is 0.188 e. The third kappa shape index (κ3) is 7.59. The van der Waals surface area contributed by atoms with Crippen molar-refractivity contribution in [3.8, 4) is 0 Å². The van der Waals surface area contributed by atoms with E-state index in [1.165, 1.54) is 25.9 Å². The number of nitrogens with two attached hydrogens (primary N) is 1. The minimum atomic E-state index is 0. The van der Waals surface area contributed by atoms with E-state index in [4.69, 9.17) is 5.73 Å². The van der Waals surface area contributed by atoms with Gasteiger partial charge in [0, 0.05) is 13.1 Å². The molecule has 0 unspecified atom stereocenters. The minimum Gasteiger partial charge on any atom is -0.370 e. The van der Waals surface area contributed by atoms with Crippen LogP contribution in [-0.2, 0) is 0 Å². The number of nitrogens with one attached hydrogen (secondary N) is 1. The minimum absolute atomic E-state index is 0. The summed E-state index contributed by atoms with van der Waals surface area (Å²) in [6, 6.07) is 0. The van der Waals surface area contributed by atoms with Crippen molar-refractivity contribution in [2.45, 2.75) is 19.8 Å². The Bertz CT molecular complexity index is 235. The molecule has 1 saturated heterocycles. The van der Waals surface area contributed by atoms with E-state index in [-0.39, 0.29) is 24.0 Å². The zero-order valence-corrected chi connectivity index (χ0v) is 13.0. The Hall–Kier alpha value is -0.300. The molecular weight excluding hydrogens is 327 g/mol. The average Bonchev–Trinajstić information content (AvgIpc) is 2.29. The van der Waals surface area contributed by atoms with Crippen LogP contribution in [0.2, 0.25) is 0 Å². The second-order valence-corrected chi connectivity index (χ2v) is 4.46. The van der Waals surface area contributed by atoms with E-state index in [2.05, 4.69) is 28.7 Å². The van der Waals surface area contributed by atoms with Gasteiger partial charge in [0.25, 0.3) is 0 Å². The normalized spacial score (nSPS) is 18.5. The van der Waals surface area contributed by atoms with Crippen LogP contribution in [0.4, 0.5) is 0 Å². The lowest BCUT2D eigenvalue weighted by atomic mass is 9.99. The van der Waals surface area contributed by atoms with Crippen LogP contribution in [-0.4, -0.2) is 43.6 Å². The molecule has 0 bridgehead atoms. The molecule has 4 nitrogen and oxygen atoms in total. The van der Waals surface area contributed by atoms with E-state index in [9.17, 15) is 0 Å². The summed E-state index contributed by atoms with van der Waals surface area (Å²) in [6.45, 7) is 10.8. The Kier molecular flexibility index (Phi) is 9.53. The number of hydrogen-bond donors (Lipinski definition) is 2. The number of nitrogens with zero attached hydrogens (tertiary/aromatic N) is 2. The first-order valence-electron chi connectivity index (χ1n) is 6.09. The quantitative estimate of drug-likeness (QED) is 0.341. The van der Waals surface area contributed by atoms with Crippen LogP contribution in [0.5, 0.6) is 0 Å². The lowest BCUT2D eigenvalue weighted by Gasteiger charge is -2.29. The van der Waals surface area contributed by atoms with E-state index >= 15 is 0 Å². The molecule has 1 aliphatic rings. The van der Waals surface area contributed by atoms with E-state index in [0.717, 1.165) is 19.0 Å². The highest BCUT2D eigenvalue weighted by atomic mass is 127. The van der Waals surface area contributed by atoms with Crippen LogP contribution in [0.3, 0.4) is 0 Å². The van der Waals surface area contributed by atoms with Gasteiger partial charge in [-0.05, 0) is 31.8 Å². The third-order valence-corrected chi connectivity index (χ3v) is 3.00. The summed E-state index contributed by atoms with van der Waals surface area (Å²) in [5.74, 6) is 1.41. The van der Waals surface area contributed by atoms with Crippen LogP contribution in [0.15, 0.2) is 17.6 Å². The number of aliphatic imine (C=N–C) groups is 1. The summed E-state index contributed by atoms with van der Waals surface area (Å²) in [6.07, 6.45) is 4.40. The van der Waals surface area contributed by atoms with Crippen molar-refractivity contribution in [2.24, 2.45) is 16.6 Å². The largest absolute Gasteiger partial charge is 0.370 e. The first kappa shape index (κ1) is 16.7. The Morgan fingerprint density at radius 3 is 2.76 bits per heavy atom. The summed E-state index contributed by atoms with van der Waals surface area (Å²) in [4.78, 5) is 6.73. The predicted molar refractivity (Wildman–Crippen MR) is 84.9 cm³/mol. The molecule has 0 spiro atoms. The van der Waals surface area contributed by atoms with Gasteiger partial charge in [-0.2, -0.15) is 0 Å². The molecule has 0 aromatic carbocycles. The second-order valence-electron chi connectivity index (χ2n) is 4.46. The molecule has 0 aromatic heterocycles. The van der Waals surface area contributed by atoms with E-state index in [0.29, 0.717) is 12.5 Å². The summed E-state index contributed by atoms with van der Waals surface area (Å²) in [5, 5.41) is 2.97. The summed E-state index contributed by atoms with van der Waals surface area (Å²) < 4.78 is 0. The highest BCUT2D eigenvalue weighted by Gasteiger charge is 2.14. The van der Waals surface area contributed by atoms with Gasteiger partial charge in [0.05, 0.1) is 6.54 Å². The molecule has 100 valence electrons. The lowest BCUT2D eigenvalue weighted by molar-refractivity contribution is 0.197. The molecule has 0 radical (unpaired) electrons. The molecule has 0 atom stereocenters. The SMILES string of the molecule is C=CCNC(N)=NCCN1CCC(C)CC1.I. The van der Waals surface area contributed by atoms with Crippen molar-refractivity contribution in [3.05, 3.63) is 12.7 Å². The zero-order chi connectivity index (χ0) is 11.8. The van der Waals surface area contributed by atoms with Crippen molar-refractivity contribution < 1.29 is 0 Å². The zero-order valence-electron chi connectivity index (χ0n) is 10.7. The fourth-order valence-corrected chi connectivity index (χ4v) is 1.83. The van der Waals surface area contributed by atoms with Gasteiger partial charge < -0.3 is 16.0 Å². The molecule has 1 fully saturated rings. The third-order valence-electron chi connectivity index (χ3n) is 3.00. The van der Waals surface area contributed by atoms with Crippen molar-refractivity contribution >= 4 is 29.9 Å². The van der Waals surface area contributed by atoms with Gasteiger partial charge in [-0.1, -0.05) is 13.0 Å². The van der Waals surface area contributed by atoms with E-state index < -0.39 is 0 Å². The van der Waals surface area contributed by atoms with Crippen molar-refractivity contribution in [2.75, 3.05) is 32.7 Å². The van der Waals surface area contributed by atoms with Crippen molar-refractivity contribution in [1.82, 2.24) is 10.2 Å². The second kappa shape index (κ2) is 9.70. The first-order valence-corrected chi connectivity index (χ1v) is 6.09. The molecule has 0 aromatic rings. The predicted octanol–water partition coefficient (Wildman–Crippen LogP) is 1.43. The van der Waals surface area contributed by atoms with Gasteiger partial charge in [-0.25, -0.2) is 0 Å². The maximum atomic E-state index is 5.67. The van der Waals surface area contributed by atoms with Gasteiger partial charge in [-0.3, -0.25) is 4.99 Å². The Morgan fingerprint density at radius 1 is 1.53 bits per heavy atom. The lowest BCUT2D eigenvalue weighted by Crippen LogP contribution is -2.36.